The Hall–Kier alpha value is -2.08. The van der Waals surface area contributed by atoms with E-state index in [9.17, 15) is 4.79 Å². The third-order valence-electron chi connectivity index (χ3n) is 5.25. The van der Waals surface area contributed by atoms with Crippen LogP contribution in [0.15, 0.2) is 29.6 Å². The molecular weight excluding hydrogens is 344 g/mol. The summed E-state index contributed by atoms with van der Waals surface area (Å²) >= 11 is 1.51. The number of amides is 1. The number of thioether (sulfide) groups is 1. The molecule has 0 spiro atoms. The Bertz CT molecular complexity index is 952. The van der Waals surface area contributed by atoms with Crippen LogP contribution in [0.2, 0.25) is 0 Å². The molecule has 1 aliphatic rings. The minimum absolute atomic E-state index is 0.222. The molecule has 1 aromatic carbocycles. The summed E-state index contributed by atoms with van der Waals surface area (Å²) in [6, 6.07) is 6.70. The fraction of sp³-hybridized carbons (Fsp3) is 0.450. The van der Waals surface area contributed by atoms with E-state index in [0.717, 1.165) is 52.8 Å². The van der Waals surface area contributed by atoms with Gasteiger partial charge < -0.3 is 9.88 Å². The molecule has 0 unspecified atom stereocenters. The van der Waals surface area contributed by atoms with E-state index in [4.69, 9.17) is 0 Å². The average Bonchev–Trinajstić information content (AvgIpc) is 3.04. The fourth-order valence-corrected chi connectivity index (χ4v) is 4.70. The van der Waals surface area contributed by atoms with Crippen LogP contribution in [0.4, 0.5) is 0 Å². The van der Waals surface area contributed by atoms with Crippen LogP contribution in [-0.4, -0.2) is 44.1 Å². The number of aryl methyl sites for hydroxylation is 1. The van der Waals surface area contributed by atoms with Crippen molar-refractivity contribution >= 4 is 39.6 Å². The first-order valence-electron chi connectivity index (χ1n) is 9.32. The zero-order valence-corrected chi connectivity index (χ0v) is 16.1. The normalized spacial score (nSPS) is 17.9. The molecule has 1 fully saturated rings. The van der Waals surface area contributed by atoms with Gasteiger partial charge in [-0.3, -0.25) is 4.79 Å². The number of nitrogens with zero attached hydrogens (tertiary/aromatic N) is 3. The van der Waals surface area contributed by atoms with E-state index in [1.165, 1.54) is 23.7 Å². The summed E-state index contributed by atoms with van der Waals surface area (Å²) in [5.41, 5.74) is 4.12. The van der Waals surface area contributed by atoms with E-state index in [1.54, 1.807) is 6.33 Å². The highest BCUT2D eigenvalue weighted by Gasteiger charge is 2.25. The highest BCUT2D eigenvalue weighted by atomic mass is 32.2. The van der Waals surface area contributed by atoms with Crippen molar-refractivity contribution in [2.24, 2.45) is 0 Å². The lowest BCUT2D eigenvalue weighted by molar-refractivity contribution is -0.132. The lowest BCUT2D eigenvalue weighted by Crippen LogP contribution is -2.44. The number of hydrogen-bond donors (Lipinski definition) is 1. The van der Waals surface area contributed by atoms with Gasteiger partial charge in [-0.2, -0.15) is 0 Å². The Kier molecular flexibility index (Phi) is 4.85. The summed E-state index contributed by atoms with van der Waals surface area (Å²) in [5.74, 6) is 0.650. The van der Waals surface area contributed by atoms with E-state index in [1.807, 2.05) is 0 Å². The van der Waals surface area contributed by atoms with Crippen LogP contribution in [0.25, 0.3) is 21.9 Å². The first kappa shape index (κ1) is 17.3. The van der Waals surface area contributed by atoms with Gasteiger partial charge in [0.25, 0.3) is 0 Å². The topological polar surface area (TPSA) is 61.9 Å². The molecule has 1 saturated heterocycles. The molecule has 1 aliphatic heterocycles. The second kappa shape index (κ2) is 7.27. The van der Waals surface area contributed by atoms with Crippen molar-refractivity contribution in [2.75, 3.05) is 12.3 Å². The lowest BCUT2D eigenvalue weighted by atomic mass is 10.0. The van der Waals surface area contributed by atoms with Gasteiger partial charge in [0.1, 0.15) is 16.9 Å². The molecule has 1 N–H and O–H groups in total. The number of rotatable bonds is 4. The number of benzene rings is 1. The number of fused-ring (bicyclic) bond motifs is 3. The average molecular weight is 369 g/mol. The third-order valence-corrected chi connectivity index (χ3v) is 6.23. The summed E-state index contributed by atoms with van der Waals surface area (Å²) in [5, 5.41) is 1.96. The van der Waals surface area contributed by atoms with Crippen LogP contribution in [0, 0.1) is 6.92 Å². The van der Waals surface area contributed by atoms with Crippen molar-refractivity contribution in [3.8, 4) is 0 Å². The fourth-order valence-electron chi connectivity index (χ4n) is 3.86. The van der Waals surface area contributed by atoms with Gasteiger partial charge in [-0.25, -0.2) is 9.97 Å². The molecule has 6 heteroatoms. The highest BCUT2D eigenvalue weighted by Crippen LogP contribution is 2.30. The predicted molar refractivity (Wildman–Crippen MR) is 106 cm³/mol. The van der Waals surface area contributed by atoms with Gasteiger partial charge in [-0.05, 0) is 44.7 Å². The van der Waals surface area contributed by atoms with E-state index in [2.05, 4.69) is 51.9 Å². The monoisotopic (exact) mass is 368 g/mol. The number of likely N-dealkylation sites (tertiary alicyclic amines) is 1. The SMILES string of the molecule is CC[C@@H]1CCCCN1C(=O)CSc1ncnc2c1[nH]c1ccc(C)cc12. The van der Waals surface area contributed by atoms with Gasteiger partial charge in [0, 0.05) is 23.5 Å². The highest BCUT2D eigenvalue weighted by molar-refractivity contribution is 8.00. The van der Waals surface area contributed by atoms with Crippen molar-refractivity contribution in [3.05, 3.63) is 30.1 Å². The molecule has 0 saturated carbocycles. The molecular formula is C20H24N4OS. The Morgan fingerprint density at radius 3 is 3.08 bits per heavy atom. The van der Waals surface area contributed by atoms with Crippen molar-refractivity contribution in [1.29, 1.82) is 0 Å². The minimum atomic E-state index is 0.222. The predicted octanol–water partition coefficient (Wildman–Crippen LogP) is 4.30. The minimum Gasteiger partial charge on any atom is -0.351 e. The largest absolute Gasteiger partial charge is 0.351 e. The van der Waals surface area contributed by atoms with Gasteiger partial charge in [-0.1, -0.05) is 30.3 Å². The second-order valence-corrected chi connectivity index (χ2v) is 7.97. The van der Waals surface area contributed by atoms with Crippen molar-refractivity contribution in [3.63, 3.8) is 0 Å². The van der Waals surface area contributed by atoms with Crippen LogP contribution in [0.5, 0.6) is 0 Å². The zero-order chi connectivity index (χ0) is 18.1. The van der Waals surface area contributed by atoms with Gasteiger partial charge >= 0.3 is 0 Å². The second-order valence-electron chi connectivity index (χ2n) is 7.01. The number of aromatic amines is 1. The van der Waals surface area contributed by atoms with Crippen molar-refractivity contribution in [2.45, 2.75) is 50.6 Å². The van der Waals surface area contributed by atoms with Crippen LogP contribution < -0.4 is 0 Å². The first-order chi connectivity index (χ1) is 12.7. The van der Waals surface area contributed by atoms with Crippen LogP contribution in [0.3, 0.4) is 0 Å². The smallest absolute Gasteiger partial charge is 0.233 e. The summed E-state index contributed by atoms with van der Waals surface area (Å²) in [4.78, 5) is 27.1. The molecule has 0 radical (unpaired) electrons. The Morgan fingerprint density at radius 2 is 2.23 bits per heavy atom. The third kappa shape index (κ3) is 3.18. The van der Waals surface area contributed by atoms with Crippen molar-refractivity contribution in [1.82, 2.24) is 19.9 Å². The van der Waals surface area contributed by atoms with Crippen LogP contribution in [-0.2, 0) is 4.79 Å². The zero-order valence-electron chi connectivity index (χ0n) is 15.3. The molecule has 0 bridgehead atoms. The number of aromatic nitrogens is 3. The molecule has 3 aromatic rings. The molecule has 0 aliphatic carbocycles. The van der Waals surface area contributed by atoms with Crippen molar-refractivity contribution < 1.29 is 4.79 Å². The summed E-state index contributed by atoms with van der Waals surface area (Å²) in [7, 11) is 0. The summed E-state index contributed by atoms with van der Waals surface area (Å²) in [6.07, 6.45) is 6.12. The summed E-state index contributed by atoms with van der Waals surface area (Å²) < 4.78 is 0. The quantitative estimate of drug-likeness (QED) is 0.551. The van der Waals surface area contributed by atoms with Crippen LogP contribution in [0.1, 0.15) is 38.2 Å². The van der Waals surface area contributed by atoms with E-state index >= 15 is 0 Å². The van der Waals surface area contributed by atoms with Gasteiger partial charge in [-0.15, -0.1) is 0 Å². The van der Waals surface area contributed by atoms with Crippen LogP contribution >= 0.6 is 11.8 Å². The molecule has 1 atom stereocenters. The van der Waals surface area contributed by atoms with Gasteiger partial charge in [0.2, 0.25) is 5.91 Å². The first-order valence-corrected chi connectivity index (χ1v) is 10.3. The molecule has 3 heterocycles. The Morgan fingerprint density at radius 1 is 1.35 bits per heavy atom. The van der Waals surface area contributed by atoms with Gasteiger partial charge in [0.15, 0.2) is 0 Å². The summed E-state index contributed by atoms with van der Waals surface area (Å²) in [6.45, 7) is 5.14. The maximum absolute atomic E-state index is 12.7. The van der Waals surface area contributed by atoms with E-state index in [-0.39, 0.29) is 5.91 Å². The molecule has 4 rings (SSSR count). The van der Waals surface area contributed by atoms with E-state index < -0.39 is 0 Å². The number of H-pyrrole nitrogens is 1. The standard InChI is InChI=1S/C20H24N4OS/c1-3-14-6-4-5-9-24(14)17(25)11-26-20-19-18(21-12-22-20)15-10-13(2)7-8-16(15)23-19/h7-8,10,12,14,23H,3-6,9,11H2,1-2H3/t14-/m1/s1. The number of hydrogen-bond acceptors (Lipinski definition) is 4. The number of carbonyl (C=O) groups is 1. The maximum Gasteiger partial charge on any atom is 0.233 e. The van der Waals surface area contributed by atoms with Gasteiger partial charge in [0.05, 0.1) is 11.3 Å². The molecule has 2 aromatic heterocycles. The molecule has 5 nitrogen and oxygen atoms in total. The number of carbonyl (C=O) groups excluding carboxylic acids is 1. The molecule has 136 valence electrons. The molecule has 1 amide bonds. The maximum atomic E-state index is 12.7. The lowest BCUT2D eigenvalue weighted by Gasteiger charge is -2.35. The number of piperidine rings is 1. The number of nitrogens with one attached hydrogen (secondary N) is 1. The molecule has 26 heavy (non-hydrogen) atoms. The Labute approximate surface area is 157 Å². The van der Waals surface area contributed by atoms with E-state index in [0.29, 0.717) is 11.8 Å². The Balaban J connectivity index is 1.57.